The average molecular weight is 378 g/mol. The highest BCUT2D eigenvalue weighted by atomic mass is 16.5. The molecule has 6 nitrogen and oxygen atoms in total. The number of hydrogen-bond acceptors (Lipinski definition) is 4. The summed E-state index contributed by atoms with van der Waals surface area (Å²) < 4.78 is 7.12. The monoisotopic (exact) mass is 377 g/mol. The van der Waals surface area contributed by atoms with E-state index in [0.717, 1.165) is 31.6 Å². The summed E-state index contributed by atoms with van der Waals surface area (Å²) in [6, 6.07) is 2.60. The predicted octanol–water partition coefficient (Wildman–Crippen LogP) is 4.03. The number of esters is 1. The first-order chi connectivity index (χ1) is 12.8. The molecule has 1 aromatic heterocycles. The number of rotatable bonds is 8. The van der Waals surface area contributed by atoms with E-state index >= 15 is 0 Å². The van der Waals surface area contributed by atoms with Gasteiger partial charge in [0.15, 0.2) is 0 Å². The Labute approximate surface area is 163 Å². The minimum Gasteiger partial charge on any atom is -0.466 e. The van der Waals surface area contributed by atoms with E-state index in [2.05, 4.69) is 38.4 Å². The minimum atomic E-state index is -0.218. The summed E-state index contributed by atoms with van der Waals surface area (Å²) in [6.07, 6.45) is 3.16. The van der Waals surface area contributed by atoms with Gasteiger partial charge in [0, 0.05) is 31.6 Å². The molecule has 2 rings (SSSR count). The highest BCUT2D eigenvalue weighted by molar-refractivity contribution is 5.77. The summed E-state index contributed by atoms with van der Waals surface area (Å²) in [5, 5.41) is 4.87. The molecule has 6 heteroatoms. The quantitative estimate of drug-likeness (QED) is 0.642. The fourth-order valence-corrected chi connectivity index (χ4v) is 3.57. The molecule has 27 heavy (non-hydrogen) atoms. The lowest BCUT2D eigenvalue weighted by Gasteiger charge is -2.33. The van der Waals surface area contributed by atoms with Gasteiger partial charge in [-0.1, -0.05) is 27.7 Å². The first kappa shape index (κ1) is 21.5. The topological polar surface area (TPSA) is 64.4 Å². The molecule has 152 valence electrons. The number of hydrogen-bond donors (Lipinski definition) is 0. The van der Waals surface area contributed by atoms with Crippen molar-refractivity contribution < 1.29 is 14.3 Å². The third-order valence-electron chi connectivity index (χ3n) is 5.21. The molecule has 1 fully saturated rings. The van der Waals surface area contributed by atoms with Gasteiger partial charge >= 0.3 is 5.97 Å². The summed E-state index contributed by atoms with van der Waals surface area (Å²) >= 11 is 0. The van der Waals surface area contributed by atoms with Crippen LogP contribution in [0.2, 0.25) is 0 Å². The molecule has 1 aliphatic heterocycles. The van der Waals surface area contributed by atoms with Crippen LogP contribution in [0.1, 0.15) is 96.0 Å². The fourth-order valence-electron chi connectivity index (χ4n) is 3.57. The lowest BCUT2D eigenvalue weighted by atomic mass is 10.0. The number of carbonyl (C=O) groups excluding carboxylic acids is 2. The van der Waals surface area contributed by atoms with Gasteiger partial charge in [-0.2, -0.15) is 5.10 Å². The van der Waals surface area contributed by atoms with Crippen LogP contribution in [0.3, 0.4) is 0 Å². The average Bonchev–Trinajstić information content (AvgIpc) is 3.08. The number of nitrogens with zero attached hydrogens (tertiary/aromatic N) is 3. The van der Waals surface area contributed by atoms with Crippen LogP contribution in [0.5, 0.6) is 0 Å². The van der Waals surface area contributed by atoms with Gasteiger partial charge in [-0.15, -0.1) is 0 Å². The maximum Gasteiger partial charge on any atom is 0.305 e. The van der Waals surface area contributed by atoms with Gasteiger partial charge in [-0.25, -0.2) is 0 Å². The molecule has 0 aliphatic carbocycles. The summed E-state index contributed by atoms with van der Waals surface area (Å²) in [5.41, 5.74) is 2.44. The van der Waals surface area contributed by atoms with Gasteiger partial charge in [0.05, 0.1) is 18.3 Å². The van der Waals surface area contributed by atoms with E-state index < -0.39 is 0 Å². The molecule has 2 heterocycles. The van der Waals surface area contributed by atoms with E-state index in [1.54, 1.807) is 6.92 Å². The van der Waals surface area contributed by atoms with Crippen LogP contribution in [0.4, 0.5) is 0 Å². The molecule has 0 unspecified atom stereocenters. The highest BCUT2D eigenvalue weighted by Crippen LogP contribution is 2.29. The van der Waals surface area contributed by atoms with Crippen LogP contribution in [0.15, 0.2) is 6.07 Å². The molecule has 0 spiro atoms. The standard InChI is InChI=1S/C21H35N3O3/c1-6-27-21(26)9-7-8-20(25)23-12-10-17(11-13-23)24-19(16(4)5)14-18(22-24)15(2)3/h14-17H,6-13H2,1-5H3. The SMILES string of the molecule is CCOC(=O)CCCC(=O)N1CCC(n2nc(C(C)C)cc2C(C)C)CC1. The Hall–Kier alpha value is -1.85. The molecule has 1 saturated heterocycles. The van der Waals surface area contributed by atoms with Crippen LogP contribution in [-0.2, 0) is 14.3 Å². The minimum absolute atomic E-state index is 0.144. The summed E-state index contributed by atoms with van der Waals surface area (Å²) in [5.74, 6) is 0.785. The van der Waals surface area contributed by atoms with E-state index in [0.29, 0.717) is 43.7 Å². The van der Waals surface area contributed by atoms with Crippen LogP contribution < -0.4 is 0 Å². The Balaban J connectivity index is 1.88. The Kier molecular flexibility index (Phi) is 7.87. The zero-order valence-corrected chi connectivity index (χ0v) is 17.5. The molecular formula is C21H35N3O3. The normalized spacial score (nSPS) is 15.6. The second-order valence-electron chi connectivity index (χ2n) is 8.02. The number of amides is 1. The Bertz CT molecular complexity index is 629. The molecule has 0 atom stereocenters. The molecule has 0 bridgehead atoms. The molecule has 1 aromatic rings. The van der Waals surface area contributed by atoms with Gasteiger partial charge in [0.2, 0.25) is 5.91 Å². The van der Waals surface area contributed by atoms with Crippen LogP contribution >= 0.6 is 0 Å². The smallest absolute Gasteiger partial charge is 0.305 e. The lowest BCUT2D eigenvalue weighted by Crippen LogP contribution is -2.39. The van der Waals surface area contributed by atoms with Crippen molar-refractivity contribution in [3.05, 3.63) is 17.5 Å². The Morgan fingerprint density at radius 1 is 1.15 bits per heavy atom. The number of ether oxygens (including phenoxy) is 1. The molecule has 0 N–H and O–H groups in total. The van der Waals surface area contributed by atoms with Crippen molar-refractivity contribution in [1.29, 1.82) is 0 Å². The second-order valence-corrected chi connectivity index (χ2v) is 8.02. The van der Waals surface area contributed by atoms with Crippen molar-refractivity contribution in [3.63, 3.8) is 0 Å². The van der Waals surface area contributed by atoms with Crippen molar-refractivity contribution in [2.75, 3.05) is 19.7 Å². The van der Waals surface area contributed by atoms with Crippen molar-refractivity contribution in [2.45, 2.75) is 84.6 Å². The molecule has 1 aliphatic rings. The zero-order valence-electron chi connectivity index (χ0n) is 17.5. The van der Waals surface area contributed by atoms with E-state index in [-0.39, 0.29) is 11.9 Å². The van der Waals surface area contributed by atoms with E-state index in [1.807, 2.05) is 4.90 Å². The van der Waals surface area contributed by atoms with Gasteiger partial charge in [0.1, 0.15) is 0 Å². The molecule has 0 saturated carbocycles. The van der Waals surface area contributed by atoms with Crippen LogP contribution in [0, 0.1) is 0 Å². The van der Waals surface area contributed by atoms with E-state index in [9.17, 15) is 9.59 Å². The Morgan fingerprint density at radius 2 is 1.81 bits per heavy atom. The second kappa shape index (κ2) is 9.90. The predicted molar refractivity (Wildman–Crippen MR) is 106 cm³/mol. The number of aromatic nitrogens is 2. The van der Waals surface area contributed by atoms with Gasteiger partial charge < -0.3 is 9.64 Å². The summed E-state index contributed by atoms with van der Waals surface area (Å²) in [6.45, 7) is 12.5. The number of carbonyl (C=O) groups is 2. The largest absolute Gasteiger partial charge is 0.466 e. The van der Waals surface area contributed by atoms with E-state index in [4.69, 9.17) is 9.84 Å². The third kappa shape index (κ3) is 5.81. The number of piperidine rings is 1. The maximum atomic E-state index is 12.4. The van der Waals surface area contributed by atoms with Crippen LogP contribution in [-0.4, -0.2) is 46.3 Å². The van der Waals surface area contributed by atoms with Crippen molar-refractivity contribution in [2.24, 2.45) is 0 Å². The molecular weight excluding hydrogens is 342 g/mol. The lowest BCUT2D eigenvalue weighted by molar-refractivity contribution is -0.143. The van der Waals surface area contributed by atoms with Gasteiger partial charge in [-0.05, 0) is 44.1 Å². The van der Waals surface area contributed by atoms with Crippen molar-refractivity contribution in [3.8, 4) is 0 Å². The van der Waals surface area contributed by atoms with Crippen molar-refractivity contribution in [1.82, 2.24) is 14.7 Å². The summed E-state index contributed by atoms with van der Waals surface area (Å²) in [4.78, 5) is 25.7. The molecule has 1 amide bonds. The Morgan fingerprint density at radius 3 is 2.37 bits per heavy atom. The van der Waals surface area contributed by atoms with Crippen LogP contribution in [0.25, 0.3) is 0 Å². The number of likely N-dealkylation sites (tertiary alicyclic amines) is 1. The maximum absolute atomic E-state index is 12.4. The van der Waals surface area contributed by atoms with Crippen molar-refractivity contribution >= 4 is 11.9 Å². The van der Waals surface area contributed by atoms with E-state index in [1.165, 1.54) is 5.69 Å². The molecule has 0 radical (unpaired) electrons. The summed E-state index contributed by atoms with van der Waals surface area (Å²) in [7, 11) is 0. The van der Waals surface area contributed by atoms with Gasteiger partial charge in [0.25, 0.3) is 0 Å². The molecule has 0 aromatic carbocycles. The third-order valence-corrected chi connectivity index (χ3v) is 5.21. The van der Waals surface area contributed by atoms with Gasteiger partial charge in [-0.3, -0.25) is 14.3 Å². The fraction of sp³-hybridized carbons (Fsp3) is 0.762. The first-order valence-corrected chi connectivity index (χ1v) is 10.4. The first-order valence-electron chi connectivity index (χ1n) is 10.4. The highest BCUT2D eigenvalue weighted by Gasteiger charge is 2.27. The zero-order chi connectivity index (χ0) is 20.0.